The highest BCUT2D eigenvalue weighted by Crippen LogP contribution is 2.24. The maximum atomic E-state index is 12.4. The molecule has 6 heteroatoms. The highest BCUT2D eigenvalue weighted by Gasteiger charge is 2.12. The van der Waals surface area contributed by atoms with E-state index in [0.29, 0.717) is 11.5 Å². The first-order valence-corrected chi connectivity index (χ1v) is 6.77. The van der Waals surface area contributed by atoms with Crippen molar-refractivity contribution in [2.45, 2.75) is 0 Å². The van der Waals surface area contributed by atoms with Crippen LogP contribution in [0.2, 0.25) is 0 Å². The van der Waals surface area contributed by atoms with Gasteiger partial charge < -0.3 is 9.97 Å². The summed E-state index contributed by atoms with van der Waals surface area (Å²) in [5.41, 5.74) is 2.49. The van der Waals surface area contributed by atoms with Crippen molar-refractivity contribution in [3.63, 3.8) is 0 Å². The van der Waals surface area contributed by atoms with Crippen LogP contribution >= 0.6 is 0 Å². The lowest BCUT2D eigenvalue weighted by Crippen LogP contribution is -2.14. The fraction of sp³-hybridized carbons (Fsp3) is 0. The Bertz CT molecular complexity index is 1000. The van der Waals surface area contributed by atoms with Crippen LogP contribution in [0, 0.1) is 0 Å². The molecular formula is C16H11N5O. The second-order valence-corrected chi connectivity index (χ2v) is 4.84. The van der Waals surface area contributed by atoms with Crippen LogP contribution in [0.4, 0.5) is 0 Å². The molecule has 0 saturated heterocycles. The van der Waals surface area contributed by atoms with E-state index in [1.165, 1.54) is 0 Å². The van der Waals surface area contributed by atoms with Crippen molar-refractivity contribution in [1.29, 1.82) is 0 Å². The van der Waals surface area contributed by atoms with E-state index in [1.807, 2.05) is 24.3 Å². The Morgan fingerprint density at radius 2 is 1.77 bits per heavy atom. The maximum absolute atomic E-state index is 12.4. The molecule has 1 aromatic carbocycles. The van der Waals surface area contributed by atoms with Gasteiger partial charge in [0.2, 0.25) is 0 Å². The molecule has 0 aliphatic carbocycles. The third-order valence-electron chi connectivity index (χ3n) is 3.50. The minimum Gasteiger partial charge on any atom is -0.360 e. The largest absolute Gasteiger partial charge is 0.360 e. The van der Waals surface area contributed by atoms with E-state index < -0.39 is 0 Å². The topological polar surface area (TPSA) is 87.3 Å². The Kier molecular flexibility index (Phi) is 2.79. The van der Waals surface area contributed by atoms with Crippen molar-refractivity contribution in [3.8, 4) is 22.6 Å². The Morgan fingerprint density at radius 3 is 2.59 bits per heavy atom. The van der Waals surface area contributed by atoms with Gasteiger partial charge in [-0.1, -0.05) is 18.2 Å². The lowest BCUT2D eigenvalue weighted by molar-refractivity contribution is 0.963. The summed E-state index contributed by atoms with van der Waals surface area (Å²) in [6.45, 7) is 0. The summed E-state index contributed by atoms with van der Waals surface area (Å²) in [6.07, 6.45) is 5.06. The first kappa shape index (κ1) is 12.5. The van der Waals surface area contributed by atoms with Gasteiger partial charge in [-0.05, 0) is 18.2 Å². The van der Waals surface area contributed by atoms with Gasteiger partial charge >= 0.3 is 0 Å². The van der Waals surface area contributed by atoms with Gasteiger partial charge in [0, 0.05) is 40.6 Å². The van der Waals surface area contributed by atoms with E-state index in [0.717, 1.165) is 22.0 Å². The van der Waals surface area contributed by atoms with Gasteiger partial charge in [0.25, 0.3) is 5.56 Å². The number of H-pyrrole nitrogens is 2. The highest BCUT2D eigenvalue weighted by atomic mass is 16.1. The van der Waals surface area contributed by atoms with Gasteiger partial charge in [-0.3, -0.25) is 9.78 Å². The number of hydrogen-bond acceptors (Lipinski definition) is 4. The van der Waals surface area contributed by atoms with E-state index in [9.17, 15) is 4.79 Å². The molecule has 0 radical (unpaired) electrons. The molecule has 22 heavy (non-hydrogen) atoms. The van der Waals surface area contributed by atoms with Crippen LogP contribution in [0.25, 0.3) is 33.5 Å². The third kappa shape index (κ3) is 1.98. The molecular weight excluding hydrogens is 278 g/mol. The lowest BCUT2D eigenvalue weighted by Gasteiger charge is -2.01. The van der Waals surface area contributed by atoms with E-state index >= 15 is 0 Å². The summed E-state index contributed by atoms with van der Waals surface area (Å²) >= 11 is 0. The first-order chi connectivity index (χ1) is 10.8. The molecule has 0 fully saturated rings. The molecule has 3 heterocycles. The number of nitrogens with one attached hydrogen (secondary N) is 2. The van der Waals surface area contributed by atoms with Crippen molar-refractivity contribution in [1.82, 2.24) is 25.1 Å². The number of fused-ring (bicyclic) bond motifs is 1. The van der Waals surface area contributed by atoms with Crippen LogP contribution in [0.3, 0.4) is 0 Å². The standard InChI is InChI=1S/C16H11N5O/c22-16-14(12-9-18-13-4-2-1-3-11(12)13)20-21-15(19-16)10-5-7-17-8-6-10/h1-9,18H,(H,19,21,22). The summed E-state index contributed by atoms with van der Waals surface area (Å²) in [7, 11) is 0. The second-order valence-electron chi connectivity index (χ2n) is 4.84. The minimum atomic E-state index is -0.272. The molecule has 0 aliphatic heterocycles. The van der Waals surface area contributed by atoms with Gasteiger partial charge in [-0.15, -0.1) is 10.2 Å². The number of pyridine rings is 1. The van der Waals surface area contributed by atoms with Crippen LogP contribution in [0.1, 0.15) is 0 Å². The van der Waals surface area contributed by atoms with E-state index in [4.69, 9.17) is 0 Å². The van der Waals surface area contributed by atoms with Crippen LogP contribution in [-0.4, -0.2) is 25.1 Å². The summed E-state index contributed by atoms with van der Waals surface area (Å²) in [5.74, 6) is 0.427. The summed E-state index contributed by atoms with van der Waals surface area (Å²) in [6, 6.07) is 11.3. The highest BCUT2D eigenvalue weighted by molar-refractivity contribution is 5.94. The first-order valence-electron chi connectivity index (χ1n) is 6.77. The van der Waals surface area contributed by atoms with Crippen LogP contribution in [0.5, 0.6) is 0 Å². The molecule has 0 aliphatic rings. The van der Waals surface area contributed by atoms with Gasteiger partial charge in [0.05, 0.1) is 0 Å². The van der Waals surface area contributed by atoms with E-state index in [-0.39, 0.29) is 5.56 Å². The Balaban J connectivity index is 1.86. The van der Waals surface area contributed by atoms with Crippen LogP contribution in [0.15, 0.2) is 59.8 Å². The number of para-hydroxylation sites is 1. The summed E-state index contributed by atoms with van der Waals surface area (Å²) in [4.78, 5) is 22.2. The van der Waals surface area contributed by atoms with Crippen molar-refractivity contribution < 1.29 is 0 Å². The predicted octanol–water partition coefficient (Wildman–Crippen LogP) is 2.38. The fourth-order valence-electron chi connectivity index (χ4n) is 2.42. The second kappa shape index (κ2) is 4.92. The zero-order valence-corrected chi connectivity index (χ0v) is 11.4. The lowest BCUT2D eigenvalue weighted by atomic mass is 10.1. The molecule has 3 aromatic heterocycles. The van der Waals surface area contributed by atoms with Crippen molar-refractivity contribution in [3.05, 3.63) is 65.3 Å². The molecule has 0 bridgehead atoms. The molecule has 4 rings (SSSR count). The maximum Gasteiger partial charge on any atom is 0.278 e. The smallest absolute Gasteiger partial charge is 0.278 e. The van der Waals surface area contributed by atoms with Gasteiger partial charge in [-0.25, -0.2) is 0 Å². The number of hydrogen-bond donors (Lipinski definition) is 2. The zero-order chi connectivity index (χ0) is 14.9. The number of aromatic amines is 2. The molecule has 0 atom stereocenters. The SMILES string of the molecule is O=c1[nH]c(-c2ccncc2)nnc1-c1c[nH]c2ccccc12. The van der Waals surface area contributed by atoms with Gasteiger partial charge in [0.15, 0.2) is 11.5 Å². The average molecular weight is 289 g/mol. The van der Waals surface area contributed by atoms with Crippen molar-refractivity contribution >= 4 is 10.9 Å². The Hall–Kier alpha value is -3.28. The molecule has 0 amide bonds. The van der Waals surface area contributed by atoms with Crippen LogP contribution in [-0.2, 0) is 0 Å². The Labute approximate surface area is 124 Å². The summed E-state index contributed by atoms with van der Waals surface area (Å²) < 4.78 is 0. The minimum absolute atomic E-state index is 0.272. The van der Waals surface area contributed by atoms with Crippen molar-refractivity contribution in [2.75, 3.05) is 0 Å². The summed E-state index contributed by atoms with van der Waals surface area (Å²) in [5, 5.41) is 9.18. The number of rotatable bonds is 2. The number of benzene rings is 1. The third-order valence-corrected chi connectivity index (χ3v) is 3.50. The molecule has 0 saturated carbocycles. The molecule has 106 valence electrons. The molecule has 2 N–H and O–H groups in total. The predicted molar refractivity (Wildman–Crippen MR) is 83.2 cm³/mol. The molecule has 0 spiro atoms. The van der Waals surface area contributed by atoms with E-state index in [2.05, 4.69) is 25.1 Å². The molecule has 6 nitrogen and oxygen atoms in total. The zero-order valence-electron chi connectivity index (χ0n) is 11.4. The monoisotopic (exact) mass is 289 g/mol. The van der Waals surface area contributed by atoms with Crippen LogP contribution < -0.4 is 5.56 Å². The number of aromatic nitrogens is 5. The van der Waals surface area contributed by atoms with Gasteiger partial charge in [-0.2, -0.15) is 0 Å². The average Bonchev–Trinajstić information content (AvgIpc) is 2.99. The molecule has 4 aromatic rings. The van der Waals surface area contributed by atoms with Crippen molar-refractivity contribution in [2.24, 2.45) is 0 Å². The molecule has 0 unspecified atom stereocenters. The van der Waals surface area contributed by atoms with E-state index in [1.54, 1.807) is 30.7 Å². The number of nitrogens with zero attached hydrogens (tertiary/aromatic N) is 3. The van der Waals surface area contributed by atoms with Gasteiger partial charge in [0.1, 0.15) is 0 Å². The Morgan fingerprint density at radius 1 is 0.955 bits per heavy atom. The fourth-order valence-corrected chi connectivity index (χ4v) is 2.42. The quantitative estimate of drug-likeness (QED) is 0.593. The normalized spacial score (nSPS) is 10.9.